The second-order valence-corrected chi connectivity index (χ2v) is 7.16. The van der Waals surface area contributed by atoms with Crippen LogP contribution in [0.3, 0.4) is 0 Å². The molecule has 0 aliphatic carbocycles. The molecule has 0 spiro atoms. The first-order valence-corrected chi connectivity index (χ1v) is 8.95. The molecule has 7 heteroatoms. The molecule has 0 aliphatic heterocycles. The minimum atomic E-state index is -1.31. The van der Waals surface area contributed by atoms with E-state index in [2.05, 4.69) is 21.2 Å². The van der Waals surface area contributed by atoms with Crippen LogP contribution in [0.4, 0.5) is 5.69 Å². The van der Waals surface area contributed by atoms with Crippen molar-refractivity contribution >= 4 is 44.3 Å². The van der Waals surface area contributed by atoms with Gasteiger partial charge in [-0.25, -0.2) is 4.79 Å². The topological polar surface area (TPSA) is 83.5 Å². The summed E-state index contributed by atoms with van der Waals surface area (Å²) in [5.74, 6) is -1.21. The number of hydrogen-bond donors (Lipinski definition) is 2. The summed E-state index contributed by atoms with van der Waals surface area (Å²) in [6.45, 7) is 0. The lowest BCUT2D eigenvalue weighted by Crippen LogP contribution is -2.20. The van der Waals surface area contributed by atoms with Crippen molar-refractivity contribution in [1.29, 1.82) is 0 Å². The Balaban J connectivity index is 1.87. The molecule has 120 valence electrons. The van der Waals surface area contributed by atoms with E-state index in [9.17, 15) is 13.8 Å². The van der Waals surface area contributed by atoms with Crippen molar-refractivity contribution in [2.24, 2.45) is 0 Å². The average Bonchev–Trinajstić information content (AvgIpc) is 2.50. The van der Waals surface area contributed by atoms with Crippen molar-refractivity contribution in [3.63, 3.8) is 0 Å². The third-order valence-corrected chi connectivity index (χ3v) is 4.72. The van der Waals surface area contributed by atoms with Gasteiger partial charge in [0, 0.05) is 26.7 Å². The van der Waals surface area contributed by atoms with Crippen molar-refractivity contribution in [1.82, 2.24) is 0 Å². The zero-order valence-electron chi connectivity index (χ0n) is 12.0. The van der Waals surface area contributed by atoms with Crippen LogP contribution in [0.5, 0.6) is 0 Å². The van der Waals surface area contributed by atoms with Gasteiger partial charge < -0.3 is 10.4 Å². The number of nitrogens with one attached hydrogen (secondary N) is 1. The SMILES string of the molecule is O=C(CS(=O)Cc1ccc(Br)cc1)Nc1ccc(C(=O)O)cc1. The zero-order valence-corrected chi connectivity index (χ0v) is 14.4. The highest BCUT2D eigenvalue weighted by Crippen LogP contribution is 2.13. The summed E-state index contributed by atoms with van der Waals surface area (Å²) in [5.41, 5.74) is 1.51. The van der Waals surface area contributed by atoms with E-state index in [1.807, 2.05) is 24.3 Å². The number of carbonyl (C=O) groups is 2. The Labute approximate surface area is 144 Å². The van der Waals surface area contributed by atoms with E-state index in [4.69, 9.17) is 5.11 Å². The van der Waals surface area contributed by atoms with Crippen molar-refractivity contribution < 1.29 is 18.9 Å². The van der Waals surface area contributed by atoms with Crippen molar-refractivity contribution in [2.45, 2.75) is 5.75 Å². The quantitative estimate of drug-likeness (QED) is 0.786. The fourth-order valence-electron chi connectivity index (χ4n) is 1.86. The maximum Gasteiger partial charge on any atom is 0.335 e. The third-order valence-electron chi connectivity index (χ3n) is 2.95. The minimum Gasteiger partial charge on any atom is -0.478 e. The molecule has 0 radical (unpaired) electrons. The second-order valence-electron chi connectivity index (χ2n) is 4.79. The van der Waals surface area contributed by atoms with E-state index in [0.717, 1.165) is 10.0 Å². The number of amides is 1. The van der Waals surface area contributed by atoms with Crippen LogP contribution >= 0.6 is 15.9 Å². The van der Waals surface area contributed by atoms with Gasteiger partial charge in [0.25, 0.3) is 0 Å². The molecule has 0 saturated heterocycles. The van der Waals surface area contributed by atoms with Crippen molar-refractivity contribution in [3.8, 4) is 0 Å². The molecule has 1 unspecified atom stereocenters. The maximum absolute atomic E-state index is 12.0. The molecule has 5 nitrogen and oxygen atoms in total. The van der Waals surface area contributed by atoms with E-state index in [1.165, 1.54) is 24.3 Å². The number of benzene rings is 2. The predicted molar refractivity (Wildman–Crippen MR) is 92.9 cm³/mol. The predicted octanol–water partition coefficient (Wildman–Crippen LogP) is 3.03. The van der Waals surface area contributed by atoms with Gasteiger partial charge in [0.15, 0.2) is 0 Å². The van der Waals surface area contributed by atoms with Gasteiger partial charge >= 0.3 is 5.97 Å². The largest absolute Gasteiger partial charge is 0.478 e. The molecule has 2 aromatic carbocycles. The molecule has 0 fully saturated rings. The Bertz CT molecular complexity index is 729. The van der Waals surface area contributed by atoms with Crippen LogP contribution in [0.25, 0.3) is 0 Å². The number of halogens is 1. The average molecular weight is 396 g/mol. The summed E-state index contributed by atoms with van der Waals surface area (Å²) in [6.07, 6.45) is 0. The Kier molecular flexibility index (Phi) is 6.06. The van der Waals surface area contributed by atoms with Crippen LogP contribution < -0.4 is 5.32 Å². The standard InChI is InChI=1S/C16H14BrNO4S/c17-13-5-1-11(2-6-13)9-23(22)10-15(19)18-14-7-3-12(4-8-14)16(20)21/h1-8H,9-10H2,(H,18,19)(H,20,21). The van der Waals surface area contributed by atoms with E-state index in [-0.39, 0.29) is 17.2 Å². The van der Waals surface area contributed by atoms with Gasteiger partial charge in [-0.05, 0) is 42.0 Å². The summed E-state index contributed by atoms with van der Waals surface area (Å²) < 4.78 is 12.9. The number of anilines is 1. The molecule has 0 bridgehead atoms. The lowest BCUT2D eigenvalue weighted by atomic mass is 10.2. The highest BCUT2D eigenvalue weighted by molar-refractivity contribution is 9.10. The first-order chi connectivity index (χ1) is 10.9. The number of rotatable bonds is 6. The van der Waals surface area contributed by atoms with E-state index in [1.54, 1.807) is 0 Å². The Morgan fingerprint density at radius 3 is 2.22 bits per heavy atom. The van der Waals surface area contributed by atoms with Crippen molar-refractivity contribution in [3.05, 3.63) is 64.1 Å². The number of hydrogen-bond acceptors (Lipinski definition) is 3. The lowest BCUT2D eigenvalue weighted by Gasteiger charge is -2.06. The van der Waals surface area contributed by atoms with Gasteiger partial charge in [-0.2, -0.15) is 0 Å². The first kappa shape index (κ1) is 17.4. The Morgan fingerprint density at radius 1 is 1.04 bits per heavy atom. The molecule has 2 rings (SSSR count). The van der Waals surface area contributed by atoms with Crippen molar-refractivity contribution in [2.75, 3.05) is 11.1 Å². The number of carbonyl (C=O) groups excluding carboxylic acids is 1. The Morgan fingerprint density at radius 2 is 1.65 bits per heavy atom. The monoisotopic (exact) mass is 395 g/mol. The van der Waals surface area contributed by atoms with Crippen LogP contribution in [0, 0.1) is 0 Å². The van der Waals surface area contributed by atoms with Gasteiger partial charge in [0.2, 0.25) is 5.91 Å². The first-order valence-electron chi connectivity index (χ1n) is 6.66. The van der Waals surface area contributed by atoms with Gasteiger partial charge in [-0.15, -0.1) is 0 Å². The normalized spacial score (nSPS) is 11.7. The maximum atomic E-state index is 12.0. The summed E-state index contributed by atoms with van der Waals surface area (Å²) in [6, 6.07) is 13.2. The Hall–Kier alpha value is -1.99. The lowest BCUT2D eigenvalue weighted by molar-refractivity contribution is -0.113. The van der Waals surface area contributed by atoms with E-state index < -0.39 is 16.8 Å². The molecular weight excluding hydrogens is 382 g/mol. The molecule has 1 atom stereocenters. The summed E-state index contributed by atoms with van der Waals surface area (Å²) >= 11 is 3.33. The summed E-state index contributed by atoms with van der Waals surface area (Å²) in [4.78, 5) is 22.6. The minimum absolute atomic E-state index is 0.114. The van der Waals surface area contributed by atoms with Crippen LogP contribution in [0.15, 0.2) is 53.0 Å². The molecule has 23 heavy (non-hydrogen) atoms. The van der Waals surface area contributed by atoms with Crippen LogP contribution in [-0.4, -0.2) is 26.9 Å². The van der Waals surface area contributed by atoms with Gasteiger partial charge in [-0.1, -0.05) is 28.1 Å². The number of aromatic carboxylic acids is 1. The summed E-state index contributed by atoms with van der Waals surface area (Å²) in [5, 5.41) is 11.4. The fraction of sp³-hybridized carbons (Fsp3) is 0.125. The molecular formula is C16H14BrNO4S. The van der Waals surface area contributed by atoms with Gasteiger partial charge in [0.1, 0.15) is 5.75 Å². The summed E-state index contributed by atoms with van der Waals surface area (Å²) in [7, 11) is -1.31. The smallest absolute Gasteiger partial charge is 0.335 e. The molecule has 0 aliphatic rings. The molecule has 0 heterocycles. The van der Waals surface area contributed by atoms with Crippen LogP contribution in [0.2, 0.25) is 0 Å². The molecule has 2 aromatic rings. The molecule has 2 N–H and O–H groups in total. The number of carboxylic acid groups (broad SMARTS) is 1. The molecule has 0 saturated carbocycles. The van der Waals surface area contributed by atoms with E-state index >= 15 is 0 Å². The fourth-order valence-corrected chi connectivity index (χ4v) is 3.15. The third kappa shape index (κ3) is 5.61. The van der Waals surface area contributed by atoms with Gasteiger partial charge in [0.05, 0.1) is 5.56 Å². The van der Waals surface area contributed by atoms with Crippen LogP contribution in [-0.2, 0) is 21.3 Å². The second kappa shape index (κ2) is 8.03. The number of carboxylic acids is 1. The highest BCUT2D eigenvalue weighted by Gasteiger charge is 2.10. The molecule has 0 aromatic heterocycles. The highest BCUT2D eigenvalue weighted by atomic mass is 79.9. The van der Waals surface area contributed by atoms with Gasteiger partial charge in [-0.3, -0.25) is 9.00 Å². The molecule has 1 amide bonds. The van der Waals surface area contributed by atoms with Crippen LogP contribution in [0.1, 0.15) is 15.9 Å². The van der Waals surface area contributed by atoms with E-state index in [0.29, 0.717) is 11.4 Å². The zero-order chi connectivity index (χ0) is 16.8.